The fourth-order valence-electron chi connectivity index (χ4n) is 2.40. The highest BCUT2D eigenvalue weighted by atomic mass is 32.2. The largest absolute Gasteiger partial charge is 0.401 e. The molecule has 2 saturated heterocycles. The summed E-state index contributed by atoms with van der Waals surface area (Å²) in [7, 11) is 0. The fraction of sp³-hybridized carbons (Fsp3) is 0.909. The molecule has 2 unspecified atom stereocenters. The lowest BCUT2D eigenvalue weighted by Gasteiger charge is -2.23. The molecule has 0 aromatic heterocycles. The molecule has 2 heterocycles. The van der Waals surface area contributed by atoms with Crippen molar-refractivity contribution in [2.75, 3.05) is 31.1 Å². The molecule has 0 aromatic carbocycles. The number of carbonyl (C=O) groups is 1. The Balaban J connectivity index is 1.80. The number of hydrogen-bond donors (Lipinski definition) is 2. The van der Waals surface area contributed by atoms with Gasteiger partial charge in [-0.15, -0.1) is 0 Å². The van der Waals surface area contributed by atoms with Gasteiger partial charge < -0.3 is 10.4 Å². The van der Waals surface area contributed by atoms with Gasteiger partial charge in [-0.05, 0) is 18.6 Å². The van der Waals surface area contributed by atoms with E-state index in [2.05, 4.69) is 5.32 Å². The summed E-state index contributed by atoms with van der Waals surface area (Å²) in [5.74, 6) is 0.642. The molecule has 0 aromatic rings. The Labute approximate surface area is 113 Å². The minimum Gasteiger partial charge on any atom is -0.379 e. The number of amides is 1. The SMILES string of the molecule is O=C(NC1CCN(CC(F)(F)F)C1)C1(O)CCSC1. The zero-order valence-electron chi connectivity index (χ0n) is 10.4. The van der Waals surface area contributed by atoms with E-state index in [-0.39, 0.29) is 12.6 Å². The van der Waals surface area contributed by atoms with Gasteiger partial charge in [-0.3, -0.25) is 9.69 Å². The van der Waals surface area contributed by atoms with Gasteiger partial charge in [0, 0.05) is 24.9 Å². The molecule has 8 heteroatoms. The van der Waals surface area contributed by atoms with Gasteiger partial charge >= 0.3 is 6.18 Å². The predicted octanol–water partition coefficient (Wildman–Crippen LogP) is 0.607. The van der Waals surface area contributed by atoms with Crippen LogP contribution in [0.2, 0.25) is 0 Å². The Morgan fingerprint density at radius 1 is 1.53 bits per heavy atom. The first-order valence-corrected chi connectivity index (χ1v) is 7.34. The van der Waals surface area contributed by atoms with Crippen molar-refractivity contribution < 1.29 is 23.1 Å². The van der Waals surface area contributed by atoms with E-state index >= 15 is 0 Å². The molecule has 2 atom stereocenters. The zero-order chi connectivity index (χ0) is 14.1. The normalized spacial score (nSPS) is 32.7. The van der Waals surface area contributed by atoms with Crippen molar-refractivity contribution in [2.45, 2.75) is 30.7 Å². The standard InChI is InChI=1S/C11H17F3N2O2S/c12-11(13,14)6-16-3-1-8(5-16)15-9(17)10(18)2-4-19-7-10/h8,18H,1-7H2,(H,15,17). The van der Waals surface area contributed by atoms with E-state index in [0.29, 0.717) is 25.1 Å². The van der Waals surface area contributed by atoms with Crippen LogP contribution < -0.4 is 5.32 Å². The number of nitrogens with zero attached hydrogens (tertiary/aromatic N) is 1. The van der Waals surface area contributed by atoms with E-state index < -0.39 is 24.2 Å². The quantitative estimate of drug-likeness (QED) is 0.801. The van der Waals surface area contributed by atoms with Crippen LogP contribution in [0, 0.1) is 0 Å². The summed E-state index contributed by atoms with van der Waals surface area (Å²) in [6.45, 7) is -0.439. The van der Waals surface area contributed by atoms with Crippen molar-refractivity contribution in [3.63, 3.8) is 0 Å². The topological polar surface area (TPSA) is 52.6 Å². The van der Waals surface area contributed by atoms with Crippen molar-refractivity contribution in [1.82, 2.24) is 10.2 Å². The van der Waals surface area contributed by atoms with Crippen molar-refractivity contribution in [2.24, 2.45) is 0 Å². The monoisotopic (exact) mass is 298 g/mol. The van der Waals surface area contributed by atoms with Gasteiger partial charge in [0.1, 0.15) is 0 Å². The van der Waals surface area contributed by atoms with Crippen LogP contribution in [0.4, 0.5) is 13.2 Å². The molecule has 4 nitrogen and oxygen atoms in total. The molecule has 110 valence electrons. The maximum atomic E-state index is 12.2. The molecule has 0 saturated carbocycles. The van der Waals surface area contributed by atoms with E-state index in [0.717, 1.165) is 5.75 Å². The Kier molecular flexibility index (Phi) is 4.32. The van der Waals surface area contributed by atoms with E-state index in [4.69, 9.17) is 0 Å². The molecular formula is C11H17F3N2O2S. The second kappa shape index (κ2) is 5.49. The third-order valence-corrected chi connectivity index (χ3v) is 4.61. The lowest BCUT2D eigenvalue weighted by molar-refractivity contribution is -0.143. The highest BCUT2D eigenvalue weighted by molar-refractivity contribution is 7.99. The first-order chi connectivity index (χ1) is 8.78. The number of halogens is 3. The third-order valence-electron chi connectivity index (χ3n) is 3.43. The lowest BCUT2D eigenvalue weighted by atomic mass is 10.0. The zero-order valence-corrected chi connectivity index (χ0v) is 11.2. The average Bonchev–Trinajstić information content (AvgIpc) is 2.87. The number of alkyl halides is 3. The van der Waals surface area contributed by atoms with Crippen LogP contribution in [0.15, 0.2) is 0 Å². The van der Waals surface area contributed by atoms with Crippen molar-refractivity contribution in [3.05, 3.63) is 0 Å². The summed E-state index contributed by atoms with van der Waals surface area (Å²) in [5.41, 5.74) is -1.35. The summed E-state index contributed by atoms with van der Waals surface area (Å²) < 4.78 is 36.7. The molecule has 0 aliphatic carbocycles. The molecule has 0 spiro atoms. The number of carbonyl (C=O) groups excluding carboxylic acids is 1. The Bertz CT molecular complexity index is 345. The number of aliphatic hydroxyl groups is 1. The first-order valence-electron chi connectivity index (χ1n) is 6.19. The van der Waals surface area contributed by atoms with Crippen LogP contribution in [0.25, 0.3) is 0 Å². The van der Waals surface area contributed by atoms with Gasteiger partial charge in [-0.2, -0.15) is 24.9 Å². The summed E-state index contributed by atoms with van der Waals surface area (Å²) in [6, 6.07) is -0.301. The number of thioether (sulfide) groups is 1. The molecule has 1 amide bonds. The van der Waals surface area contributed by atoms with Crippen LogP contribution in [0.1, 0.15) is 12.8 Å². The van der Waals surface area contributed by atoms with Crippen LogP contribution >= 0.6 is 11.8 Å². The summed E-state index contributed by atoms with van der Waals surface area (Å²) in [5, 5.41) is 12.7. The third kappa shape index (κ3) is 4.00. The van der Waals surface area contributed by atoms with E-state index in [1.807, 2.05) is 0 Å². The van der Waals surface area contributed by atoms with E-state index in [1.54, 1.807) is 0 Å². The second-order valence-corrected chi connectivity index (χ2v) is 6.25. The number of rotatable bonds is 3. The summed E-state index contributed by atoms with van der Waals surface area (Å²) in [4.78, 5) is 13.2. The number of nitrogens with one attached hydrogen (secondary N) is 1. The van der Waals surface area contributed by atoms with Gasteiger partial charge in [0.05, 0.1) is 6.54 Å². The molecule has 2 fully saturated rings. The summed E-state index contributed by atoms with van der Waals surface area (Å²) >= 11 is 1.51. The second-order valence-electron chi connectivity index (χ2n) is 5.14. The van der Waals surface area contributed by atoms with Crippen molar-refractivity contribution >= 4 is 17.7 Å². The van der Waals surface area contributed by atoms with Gasteiger partial charge in [0.15, 0.2) is 5.60 Å². The van der Waals surface area contributed by atoms with Gasteiger partial charge in [0.2, 0.25) is 0 Å². The molecule has 0 radical (unpaired) electrons. The number of likely N-dealkylation sites (tertiary alicyclic amines) is 1. The minimum absolute atomic E-state index is 0.189. The smallest absolute Gasteiger partial charge is 0.379 e. The fourth-order valence-corrected chi connectivity index (χ4v) is 3.64. The van der Waals surface area contributed by atoms with Crippen molar-refractivity contribution in [1.29, 1.82) is 0 Å². The van der Waals surface area contributed by atoms with Crippen LogP contribution in [-0.2, 0) is 4.79 Å². The Morgan fingerprint density at radius 3 is 2.84 bits per heavy atom. The minimum atomic E-state index is -4.21. The molecule has 2 N–H and O–H groups in total. The van der Waals surface area contributed by atoms with Crippen LogP contribution in [0.5, 0.6) is 0 Å². The van der Waals surface area contributed by atoms with E-state index in [1.165, 1.54) is 16.7 Å². The Morgan fingerprint density at radius 2 is 2.26 bits per heavy atom. The number of hydrogen-bond acceptors (Lipinski definition) is 4. The van der Waals surface area contributed by atoms with Gasteiger partial charge in [-0.25, -0.2) is 0 Å². The van der Waals surface area contributed by atoms with Gasteiger partial charge in [-0.1, -0.05) is 0 Å². The van der Waals surface area contributed by atoms with Crippen LogP contribution in [-0.4, -0.2) is 64.9 Å². The first kappa shape index (κ1) is 14.9. The molecule has 2 aliphatic rings. The Hall–Kier alpha value is -0.470. The predicted molar refractivity (Wildman–Crippen MR) is 65.9 cm³/mol. The average molecular weight is 298 g/mol. The summed E-state index contributed by atoms with van der Waals surface area (Å²) in [6.07, 6.45) is -3.31. The van der Waals surface area contributed by atoms with E-state index in [9.17, 15) is 23.1 Å². The molecule has 2 rings (SSSR count). The highest BCUT2D eigenvalue weighted by Gasteiger charge is 2.41. The molecule has 19 heavy (non-hydrogen) atoms. The van der Waals surface area contributed by atoms with Gasteiger partial charge in [0.25, 0.3) is 5.91 Å². The molecule has 2 aliphatic heterocycles. The maximum Gasteiger partial charge on any atom is 0.401 e. The van der Waals surface area contributed by atoms with Crippen LogP contribution in [0.3, 0.4) is 0 Å². The lowest BCUT2D eigenvalue weighted by Crippen LogP contribution is -2.51. The highest BCUT2D eigenvalue weighted by Crippen LogP contribution is 2.28. The van der Waals surface area contributed by atoms with Crippen molar-refractivity contribution in [3.8, 4) is 0 Å². The maximum absolute atomic E-state index is 12.2. The molecular weight excluding hydrogens is 281 g/mol. The molecule has 0 bridgehead atoms.